The van der Waals surface area contributed by atoms with Crippen molar-refractivity contribution in [2.45, 2.75) is 31.8 Å². The van der Waals surface area contributed by atoms with Gasteiger partial charge in [-0.2, -0.15) is 0 Å². The zero-order chi connectivity index (χ0) is 13.8. The van der Waals surface area contributed by atoms with Crippen LogP contribution in [-0.4, -0.2) is 35.7 Å². The molecule has 1 aromatic rings. The van der Waals surface area contributed by atoms with Gasteiger partial charge in [0.15, 0.2) is 0 Å². The maximum atomic E-state index is 13.9. The highest BCUT2D eigenvalue weighted by Gasteiger charge is 2.29. The Kier molecular flexibility index (Phi) is 4.37. The van der Waals surface area contributed by atoms with E-state index >= 15 is 0 Å². The summed E-state index contributed by atoms with van der Waals surface area (Å²) in [6.07, 6.45) is 2.47. The first-order valence-corrected chi connectivity index (χ1v) is 6.41. The maximum absolute atomic E-state index is 13.9. The molecule has 19 heavy (non-hydrogen) atoms. The van der Waals surface area contributed by atoms with E-state index < -0.39 is 12.0 Å². The highest BCUT2D eigenvalue weighted by atomic mass is 19.1. The van der Waals surface area contributed by atoms with Crippen molar-refractivity contribution in [3.63, 3.8) is 0 Å². The number of hydrogen-bond donors (Lipinski definition) is 1. The quantitative estimate of drug-likeness (QED) is 0.909. The van der Waals surface area contributed by atoms with E-state index in [1.165, 1.54) is 13.2 Å². The molecule has 1 aliphatic heterocycles. The number of halogens is 1. The van der Waals surface area contributed by atoms with Crippen LogP contribution in [0.5, 0.6) is 5.75 Å². The maximum Gasteiger partial charge on any atom is 0.320 e. The molecule has 0 aromatic heterocycles. The Morgan fingerprint density at radius 3 is 3.00 bits per heavy atom. The molecule has 1 N–H and O–H groups in total. The molecule has 1 aliphatic rings. The van der Waals surface area contributed by atoms with Crippen LogP contribution in [0.1, 0.15) is 24.8 Å². The Morgan fingerprint density at radius 1 is 1.53 bits per heavy atom. The Labute approximate surface area is 111 Å². The van der Waals surface area contributed by atoms with E-state index in [1.54, 1.807) is 12.1 Å². The number of ether oxygens (including phenoxy) is 1. The standard InChI is InChI=1S/C14H18FNO3/c1-19-13-7-4-5-11(15)10(13)9-16-8-3-2-6-12(16)14(17)18/h4-5,7,12H,2-3,6,8-9H2,1H3,(H,17,18). The second-order valence-electron chi connectivity index (χ2n) is 4.74. The number of aliphatic carboxylic acids is 1. The minimum Gasteiger partial charge on any atom is -0.496 e. The fourth-order valence-corrected chi connectivity index (χ4v) is 2.55. The van der Waals surface area contributed by atoms with Gasteiger partial charge in [-0.3, -0.25) is 9.69 Å². The van der Waals surface area contributed by atoms with Gasteiger partial charge in [-0.05, 0) is 31.5 Å². The molecule has 0 spiro atoms. The zero-order valence-electron chi connectivity index (χ0n) is 10.9. The van der Waals surface area contributed by atoms with Crippen molar-refractivity contribution in [2.24, 2.45) is 0 Å². The molecule has 1 saturated heterocycles. The number of nitrogens with zero attached hydrogens (tertiary/aromatic N) is 1. The molecule has 1 aromatic carbocycles. The number of methoxy groups -OCH3 is 1. The first-order chi connectivity index (χ1) is 9.13. The smallest absolute Gasteiger partial charge is 0.320 e. The lowest BCUT2D eigenvalue weighted by molar-refractivity contribution is -0.144. The summed E-state index contributed by atoms with van der Waals surface area (Å²) >= 11 is 0. The zero-order valence-corrected chi connectivity index (χ0v) is 10.9. The van der Waals surface area contributed by atoms with Crippen molar-refractivity contribution in [3.8, 4) is 5.75 Å². The van der Waals surface area contributed by atoms with Crippen LogP contribution in [0.4, 0.5) is 4.39 Å². The number of piperidine rings is 1. The van der Waals surface area contributed by atoms with Crippen LogP contribution >= 0.6 is 0 Å². The van der Waals surface area contributed by atoms with E-state index in [9.17, 15) is 14.3 Å². The molecule has 1 unspecified atom stereocenters. The first kappa shape index (κ1) is 13.8. The van der Waals surface area contributed by atoms with Gasteiger partial charge in [-0.1, -0.05) is 12.5 Å². The minimum absolute atomic E-state index is 0.271. The minimum atomic E-state index is -0.838. The fourth-order valence-electron chi connectivity index (χ4n) is 2.55. The number of carboxylic acids is 1. The predicted octanol–water partition coefficient (Wildman–Crippen LogP) is 2.27. The predicted molar refractivity (Wildman–Crippen MR) is 68.6 cm³/mol. The molecule has 1 heterocycles. The van der Waals surface area contributed by atoms with E-state index in [4.69, 9.17) is 4.74 Å². The van der Waals surface area contributed by atoms with Gasteiger partial charge in [0.2, 0.25) is 0 Å². The van der Waals surface area contributed by atoms with E-state index in [-0.39, 0.29) is 12.4 Å². The summed E-state index contributed by atoms with van der Waals surface area (Å²) in [5, 5.41) is 9.22. The van der Waals surface area contributed by atoms with Crippen molar-refractivity contribution < 1.29 is 19.0 Å². The fraction of sp³-hybridized carbons (Fsp3) is 0.500. The number of rotatable bonds is 4. The molecule has 4 nitrogen and oxygen atoms in total. The largest absolute Gasteiger partial charge is 0.496 e. The van der Waals surface area contributed by atoms with Gasteiger partial charge in [0.05, 0.1) is 7.11 Å². The van der Waals surface area contributed by atoms with Gasteiger partial charge in [0.25, 0.3) is 0 Å². The van der Waals surface area contributed by atoms with Crippen LogP contribution in [0.3, 0.4) is 0 Å². The van der Waals surface area contributed by atoms with E-state index in [2.05, 4.69) is 0 Å². The Bertz CT molecular complexity index is 464. The van der Waals surface area contributed by atoms with E-state index in [1.807, 2.05) is 4.90 Å². The summed E-state index contributed by atoms with van der Waals surface area (Å²) in [5.41, 5.74) is 0.429. The van der Waals surface area contributed by atoms with E-state index in [0.717, 1.165) is 12.8 Å². The molecule has 1 fully saturated rings. The van der Waals surface area contributed by atoms with Crippen molar-refractivity contribution >= 4 is 5.97 Å². The lowest BCUT2D eigenvalue weighted by atomic mass is 10.0. The van der Waals surface area contributed by atoms with Gasteiger partial charge < -0.3 is 9.84 Å². The highest BCUT2D eigenvalue weighted by Crippen LogP contribution is 2.26. The van der Waals surface area contributed by atoms with Gasteiger partial charge in [-0.25, -0.2) is 4.39 Å². The third-order valence-corrected chi connectivity index (χ3v) is 3.56. The lowest BCUT2D eigenvalue weighted by Gasteiger charge is -2.33. The molecule has 5 heteroatoms. The van der Waals surface area contributed by atoms with Crippen LogP contribution in [0, 0.1) is 5.82 Å². The molecule has 104 valence electrons. The second-order valence-corrected chi connectivity index (χ2v) is 4.74. The van der Waals surface area contributed by atoms with Crippen molar-refractivity contribution in [1.29, 1.82) is 0 Å². The van der Waals surface area contributed by atoms with Crippen LogP contribution < -0.4 is 4.74 Å². The summed E-state index contributed by atoms with van der Waals surface area (Å²) in [6, 6.07) is 4.12. The first-order valence-electron chi connectivity index (χ1n) is 6.41. The number of carbonyl (C=O) groups is 1. The summed E-state index contributed by atoms with van der Waals surface area (Å²) < 4.78 is 19.0. The Hall–Kier alpha value is -1.62. The van der Waals surface area contributed by atoms with Gasteiger partial charge >= 0.3 is 5.97 Å². The highest BCUT2D eigenvalue weighted by molar-refractivity contribution is 5.73. The molecule has 2 rings (SSSR count). The Balaban J connectivity index is 2.21. The third-order valence-electron chi connectivity index (χ3n) is 3.56. The number of benzene rings is 1. The van der Waals surface area contributed by atoms with Gasteiger partial charge in [-0.15, -0.1) is 0 Å². The normalized spacial score (nSPS) is 20.2. The number of carboxylic acid groups (broad SMARTS) is 1. The van der Waals surface area contributed by atoms with E-state index in [0.29, 0.717) is 24.3 Å². The average Bonchev–Trinajstić information content (AvgIpc) is 2.41. The summed E-state index contributed by atoms with van der Waals surface area (Å²) in [4.78, 5) is 13.0. The average molecular weight is 267 g/mol. The summed E-state index contributed by atoms with van der Waals surface area (Å²) in [5.74, 6) is -0.723. The monoisotopic (exact) mass is 267 g/mol. The van der Waals surface area contributed by atoms with Crippen LogP contribution in [0.25, 0.3) is 0 Å². The topological polar surface area (TPSA) is 49.8 Å². The Morgan fingerprint density at radius 2 is 2.32 bits per heavy atom. The summed E-state index contributed by atoms with van der Waals surface area (Å²) in [6.45, 7) is 0.946. The van der Waals surface area contributed by atoms with Gasteiger partial charge in [0, 0.05) is 12.1 Å². The molecule has 0 amide bonds. The third kappa shape index (κ3) is 3.04. The van der Waals surface area contributed by atoms with Crippen LogP contribution in [-0.2, 0) is 11.3 Å². The van der Waals surface area contributed by atoms with Gasteiger partial charge in [0.1, 0.15) is 17.6 Å². The molecular formula is C14H18FNO3. The molecule has 0 saturated carbocycles. The molecule has 1 atom stereocenters. The molecule has 0 bridgehead atoms. The van der Waals surface area contributed by atoms with Crippen LogP contribution in [0.15, 0.2) is 18.2 Å². The molecule has 0 radical (unpaired) electrons. The number of hydrogen-bond acceptors (Lipinski definition) is 3. The second kappa shape index (κ2) is 6.02. The summed E-state index contributed by atoms with van der Waals surface area (Å²) in [7, 11) is 1.49. The van der Waals surface area contributed by atoms with Crippen molar-refractivity contribution in [2.75, 3.05) is 13.7 Å². The molecular weight excluding hydrogens is 249 g/mol. The van der Waals surface area contributed by atoms with Crippen LogP contribution in [0.2, 0.25) is 0 Å². The SMILES string of the molecule is COc1cccc(F)c1CN1CCCCC1C(=O)O. The lowest BCUT2D eigenvalue weighted by Crippen LogP contribution is -2.44. The van der Waals surface area contributed by atoms with Crippen molar-refractivity contribution in [1.82, 2.24) is 4.90 Å². The molecule has 0 aliphatic carbocycles. The van der Waals surface area contributed by atoms with Crippen molar-refractivity contribution in [3.05, 3.63) is 29.6 Å². The number of likely N-dealkylation sites (tertiary alicyclic amines) is 1.